The molecule has 1 unspecified atom stereocenters. The number of thioether (sulfide) groups is 1. The Morgan fingerprint density at radius 2 is 2.00 bits per heavy atom. The second-order valence-electron chi connectivity index (χ2n) is 7.76. The molecule has 7 heteroatoms. The topological polar surface area (TPSA) is 88.0 Å². The van der Waals surface area contributed by atoms with E-state index >= 15 is 0 Å². The van der Waals surface area contributed by atoms with Crippen LogP contribution in [0.1, 0.15) is 41.5 Å². The predicted molar refractivity (Wildman–Crippen MR) is 126 cm³/mol. The number of aryl methyl sites for hydroxylation is 2. The third-order valence-electron chi connectivity index (χ3n) is 5.59. The van der Waals surface area contributed by atoms with Crippen molar-refractivity contribution in [2.24, 2.45) is 12.8 Å². The fourth-order valence-corrected chi connectivity index (χ4v) is 5.12. The lowest BCUT2D eigenvalue weighted by Crippen LogP contribution is -2.38. The van der Waals surface area contributed by atoms with Crippen molar-refractivity contribution in [3.05, 3.63) is 77.9 Å². The van der Waals surface area contributed by atoms with E-state index in [0.29, 0.717) is 12.1 Å². The number of carbonyl (C=O) groups excluding carboxylic acids is 1. The van der Waals surface area contributed by atoms with Gasteiger partial charge in [-0.15, -0.1) is 11.8 Å². The van der Waals surface area contributed by atoms with Gasteiger partial charge in [-0.1, -0.05) is 36.8 Å². The summed E-state index contributed by atoms with van der Waals surface area (Å²) in [6.07, 6.45) is 7.78. The summed E-state index contributed by atoms with van der Waals surface area (Å²) in [4.78, 5) is 20.9. The molecular weight excluding hydrogens is 406 g/mol. The molecule has 0 spiro atoms. The second kappa shape index (κ2) is 9.39. The molecule has 1 aliphatic heterocycles. The molecule has 1 aromatic heterocycles. The first-order valence-corrected chi connectivity index (χ1v) is 11.4. The van der Waals surface area contributed by atoms with Crippen LogP contribution >= 0.6 is 11.8 Å². The molecule has 4 rings (SSSR count). The maximum atomic E-state index is 13.5. The molecular formula is C24H27N5OS. The number of nitrogens with one attached hydrogen (secondary N) is 1. The summed E-state index contributed by atoms with van der Waals surface area (Å²) in [5, 5.41) is 7.39. The van der Waals surface area contributed by atoms with Gasteiger partial charge in [0, 0.05) is 42.9 Å². The van der Waals surface area contributed by atoms with E-state index in [1.807, 2.05) is 60.7 Å². The molecule has 0 aliphatic carbocycles. The van der Waals surface area contributed by atoms with E-state index in [9.17, 15) is 4.79 Å². The molecule has 31 heavy (non-hydrogen) atoms. The van der Waals surface area contributed by atoms with E-state index in [2.05, 4.69) is 15.6 Å². The molecule has 2 heterocycles. The fraction of sp³-hybridized carbons (Fsp3) is 0.292. The van der Waals surface area contributed by atoms with Gasteiger partial charge in [0.05, 0.1) is 5.69 Å². The summed E-state index contributed by atoms with van der Waals surface area (Å²) in [6, 6.07) is 15.6. The highest BCUT2D eigenvalue weighted by Crippen LogP contribution is 2.46. The number of aromatic nitrogens is 2. The molecule has 3 N–H and O–H groups in total. The maximum absolute atomic E-state index is 13.5. The number of rotatable bonds is 8. The number of para-hydroxylation sites is 1. The Morgan fingerprint density at radius 3 is 2.77 bits per heavy atom. The highest BCUT2D eigenvalue weighted by molar-refractivity contribution is 8.00. The number of hydrogen-bond acceptors (Lipinski definition) is 4. The summed E-state index contributed by atoms with van der Waals surface area (Å²) in [7, 11) is 2.02. The molecule has 0 bridgehead atoms. The number of benzene rings is 2. The number of hydrogen-bond donors (Lipinski definition) is 2. The molecule has 0 fully saturated rings. The van der Waals surface area contributed by atoms with Crippen LogP contribution in [0.15, 0.2) is 65.8 Å². The molecule has 1 aliphatic rings. The Morgan fingerprint density at radius 1 is 1.16 bits per heavy atom. The van der Waals surface area contributed by atoms with E-state index in [4.69, 9.17) is 11.1 Å². The predicted octanol–water partition coefficient (Wildman–Crippen LogP) is 4.30. The minimum absolute atomic E-state index is 0.0140. The number of carbonyl (C=O) groups is 1. The molecule has 0 saturated heterocycles. The SMILES string of the molecule is Cn1ccnc1CCCCCN1C(=O)C(c2cccc(C(=N)N)c2)Sc2ccccc21. The Labute approximate surface area is 187 Å². The number of unbranched alkanes of at least 4 members (excludes halogenated alkanes) is 2. The van der Waals surface area contributed by atoms with Crippen LogP contribution in [0.3, 0.4) is 0 Å². The minimum Gasteiger partial charge on any atom is -0.384 e. The second-order valence-corrected chi connectivity index (χ2v) is 8.91. The number of nitrogens with two attached hydrogens (primary N) is 1. The zero-order valence-corrected chi connectivity index (χ0v) is 18.4. The summed E-state index contributed by atoms with van der Waals surface area (Å²) in [5.41, 5.74) is 8.18. The van der Waals surface area contributed by atoms with E-state index in [1.165, 1.54) is 0 Å². The number of amidine groups is 1. The van der Waals surface area contributed by atoms with Gasteiger partial charge in [-0.2, -0.15) is 0 Å². The van der Waals surface area contributed by atoms with Crippen LogP contribution in [-0.4, -0.2) is 27.8 Å². The van der Waals surface area contributed by atoms with Crippen molar-refractivity contribution >= 4 is 29.2 Å². The molecule has 6 nitrogen and oxygen atoms in total. The van der Waals surface area contributed by atoms with Crippen LogP contribution < -0.4 is 10.6 Å². The van der Waals surface area contributed by atoms with E-state index in [1.54, 1.807) is 17.8 Å². The summed E-state index contributed by atoms with van der Waals surface area (Å²) < 4.78 is 2.06. The number of nitrogen functional groups attached to an aromatic ring is 1. The van der Waals surface area contributed by atoms with Crippen molar-refractivity contribution in [3.8, 4) is 0 Å². The van der Waals surface area contributed by atoms with E-state index in [-0.39, 0.29) is 17.0 Å². The van der Waals surface area contributed by atoms with Crippen molar-refractivity contribution < 1.29 is 4.79 Å². The van der Waals surface area contributed by atoms with Crippen molar-refractivity contribution in [1.82, 2.24) is 9.55 Å². The first-order valence-electron chi connectivity index (χ1n) is 10.5. The van der Waals surface area contributed by atoms with Crippen LogP contribution in [0.25, 0.3) is 0 Å². The lowest BCUT2D eigenvalue weighted by Gasteiger charge is -2.34. The Kier molecular flexibility index (Phi) is 6.42. The van der Waals surface area contributed by atoms with Crippen LogP contribution in [0.2, 0.25) is 0 Å². The quantitative estimate of drug-likeness (QED) is 0.315. The van der Waals surface area contributed by atoms with Crippen molar-refractivity contribution in [1.29, 1.82) is 5.41 Å². The zero-order chi connectivity index (χ0) is 21.8. The molecule has 2 aromatic carbocycles. The van der Waals surface area contributed by atoms with Gasteiger partial charge in [-0.25, -0.2) is 4.98 Å². The highest BCUT2D eigenvalue weighted by atomic mass is 32.2. The Hall–Kier alpha value is -3.06. The first kappa shape index (κ1) is 21.2. The van der Waals surface area contributed by atoms with Crippen molar-refractivity contribution in [3.63, 3.8) is 0 Å². The molecule has 1 amide bonds. The first-order chi connectivity index (χ1) is 15.0. The largest absolute Gasteiger partial charge is 0.384 e. The summed E-state index contributed by atoms with van der Waals surface area (Å²) >= 11 is 1.57. The van der Waals surface area contributed by atoms with Gasteiger partial charge in [0.1, 0.15) is 16.9 Å². The van der Waals surface area contributed by atoms with Crippen LogP contribution in [0, 0.1) is 5.41 Å². The number of amides is 1. The average Bonchev–Trinajstić information content (AvgIpc) is 3.19. The van der Waals surface area contributed by atoms with Gasteiger partial charge >= 0.3 is 0 Å². The molecule has 0 saturated carbocycles. The molecule has 160 valence electrons. The Bertz CT molecular complexity index is 1090. The molecule has 1 atom stereocenters. The maximum Gasteiger partial charge on any atom is 0.245 e. The number of anilines is 1. The Balaban J connectivity index is 1.47. The van der Waals surface area contributed by atoms with Gasteiger partial charge in [0.2, 0.25) is 5.91 Å². The molecule has 3 aromatic rings. The van der Waals surface area contributed by atoms with Crippen LogP contribution in [-0.2, 0) is 18.3 Å². The third kappa shape index (κ3) is 4.66. The highest BCUT2D eigenvalue weighted by Gasteiger charge is 2.34. The summed E-state index contributed by atoms with van der Waals surface area (Å²) in [6.45, 7) is 0.694. The van der Waals surface area contributed by atoms with Gasteiger partial charge in [-0.3, -0.25) is 10.2 Å². The van der Waals surface area contributed by atoms with E-state index in [0.717, 1.165) is 47.7 Å². The normalized spacial score (nSPS) is 15.7. The van der Waals surface area contributed by atoms with Crippen LogP contribution in [0.5, 0.6) is 0 Å². The minimum atomic E-state index is -0.332. The van der Waals surface area contributed by atoms with Crippen molar-refractivity contribution in [2.45, 2.75) is 35.8 Å². The number of imidazole rings is 1. The average molecular weight is 434 g/mol. The van der Waals surface area contributed by atoms with E-state index < -0.39 is 0 Å². The standard InChI is InChI=1S/C24H27N5OS/c1-28-15-13-27-21(28)12-3-2-6-14-29-19-10-4-5-11-20(19)31-22(24(29)30)17-8-7-9-18(16-17)23(25)26/h4-5,7-11,13,15-16,22H,2-3,6,12,14H2,1H3,(H3,25,26). The van der Waals surface area contributed by atoms with Gasteiger partial charge < -0.3 is 15.2 Å². The zero-order valence-electron chi connectivity index (χ0n) is 17.6. The fourth-order valence-electron chi connectivity index (χ4n) is 3.90. The monoisotopic (exact) mass is 433 g/mol. The number of fused-ring (bicyclic) bond motifs is 1. The van der Waals surface area contributed by atoms with Gasteiger partial charge in [0.25, 0.3) is 0 Å². The lowest BCUT2D eigenvalue weighted by molar-refractivity contribution is -0.118. The van der Waals surface area contributed by atoms with Gasteiger partial charge in [-0.05, 0) is 36.6 Å². The smallest absolute Gasteiger partial charge is 0.245 e. The van der Waals surface area contributed by atoms with Crippen molar-refractivity contribution in [2.75, 3.05) is 11.4 Å². The third-order valence-corrected chi connectivity index (χ3v) is 6.90. The van der Waals surface area contributed by atoms with Gasteiger partial charge in [0.15, 0.2) is 0 Å². The lowest BCUT2D eigenvalue weighted by atomic mass is 10.1. The van der Waals surface area contributed by atoms with Crippen LogP contribution in [0.4, 0.5) is 5.69 Å². The summed E-state index contributed by atoms with van der Waals surface area (Å²) in [5.74, 6) is 1.20. The molecule has 0 radical (unpaired) electrons. The number of nitrogens with zero attached hydrogens (tertiary/aromatic N) is 3.